The van der Waals surface area contributed by atoms with E-state index >= 15 is 0 Å². The maximum atomic E-state index is 6.22. The first kappa shape index (κ1) is 16.8. The molecule has 2 aromatic rings. The minimum absolute atomic E-state index is 0.580. The third kappa shape index (κ3) is 4.99. The topological polar surface area (TPSA) is 21.3 Å². The van der Waals surface area contributed by atoms with E-state index in [0.29, 0.717) is 10.8 Å². The highest BCUT2D eigenvalue weighted by atomic mass is 79.9. The molecule has 0 spiro atoms. The predicted octanol–water partition coefficient (Wildman–Crippen LogP) is 6.16. The predicted molar refractivity (Wildman–Crippen MR) is 95.4 cm³/mol. The van der Waals surface area contributed by atoms with E-state index in [-0.39, 0.29) is 0 Å². The molecule has 0 saturated carbocycles. The number of halogens is 3. The minimum Gasteiger partial charge on any atom is -0.455 e. The van der Waals surface area contributed by atoms with Gasteiger partial charge < -0.3 is 10.1 Å². The molecule has 0 saturated heterocycles. The molecule has 0 amide bonds. The highest BCUT2D eigenvalue weighted by Crippen LogP contribution is 2.34. The number of hydrogen-bond acceptors (Lipinski definition) is 2. The molecular formula is C16H16Br2ClNO. The maximum Gasteiger partial charge on any atom is 0.146 e. The van der Waals surface area contributed by atoms with Crippen molar-refractivity contribution >= 4 is 43.5 Å². The van der Waals surface area contributed by atoms with E-state index < -0.39 is 0 Å². The standard InChI is InChI=1S/C16H16Br2ClNO/c1-2-7-20-10-11-3-4-13(18)9-16(11)21-15-6-5-12(17)8-14(15)19/h3-6,8-9,20H,2,7,10H2,1H3. The first-order chi connectivity index (χ1) is 10.1. The van der Waals surface area contributed by atoms with Gasteiger partial charge in [0, 0.05) is 21.1 Å². The molecular weight excluding hydrogens is 417 g/mol. The monoisotopic (exact) mass is 431 g/mol. The average Bonchev–Trinajstić information content (AvgIpc) is 2.44. The molecule has 0 atom stereocenters. The molecule has 0 aliphatic carbocycles. The Morgan fingerprint density at radius 3 is 2.48 bits per heavy atom. The summed E-state index contributed by atoms with van der Waals surface area (Å²) in [6, 6.07) is 11.6. The Bertz CT molecular complexity index is 619. The van der Waals surface area contributed by atoms with Crippen LogP contribution in [0.15, 0.2) is 45.3 Å². The molecule has 0 aliphatic rings. The van der Waals surface area contributed by atoms with Gasteiger partial charge in [-0.3, -0.25) is 0 Å². The van der Waals surface area contributed by atoms with E-state index in [1.54, 1.807) is 0 Å². The number of benzene rings is 2. The van der Waals surface area contributed by atoms with Crippen molar-refractivity contribution in [2.75, 3.05) is 6.54 Å². The summed E-state index contributed by atoms with van der Waals surface area (Å²) in [5.74, 6) is 1.45. The molecule has 5 heteroatoms. The van der Waals surface area contributed by atoms with Gasteiger partial charge in [0.2, 0.25) is 0 Å². The quantitative estimate of drug-likeness (QED) is 0.551. The van der Waals surface area contributed by atoms with Crippen LogP contribution >= 0.6 is 43.5 Å². The number of hydrogen-bond donors (Lipinski definition) is 1. The van der Waals surface area contributed by atoms with Crippen molar-refractivity contribution in [3.63, 3.8) is 0 Å². The second kappa shape index (κ2) is 8.18. The molecule has 2 nitrogen and oxygen atoms in total. The van der Waals surface area contributed by atoms with E-state index in [2.05, 4.69) is 50.2 Å². The highest BCUT2D eigenvalue weighted by Gasteiger charge is 2.09. The van der Waals surface area contributed by atoms with Gasteiger partial charge in [0.05, 0.1) is 5.02 Å². The zero-order valence-electron chi connectivity index (χ0n) is 11.6. The van der Waals surface area contributed by atoms with Crippen LogP contribution in [0.25, 0.3) is 0 Å². The van der Waals surface area contributed by atoms with Gasteiger partial charge in [0.25, 0.3) is 0 Å². The van der Waals surface area contributed by atoms with Crippen LogP contribution in [0, 0.1) is 0 Å². The molecule has 0 radical (unpaired) electrons. The van der Waals surface area contributed by atoms with Gasteiger partial charge >= 0.3 is 0 Å². The second-order valence-corrected chi connectivity index (χ2v) is 6.84. The van der Waals surface area contributed by atoms with E-state index in [4.69, 9.17) is 16.3 Å². The van der Waals surface area contributed by atoms with Crippen molar-refractivity contribution in [1.29, 1.82) is 0 Å². The van der Waals surface area contributed by atoms with Crippen LogP contribution in [0.5, 0.6) is 11.5 Å². The Morgan fingerprint density at radius 1 is 1.05 bits per heavy atom. The van der Waals surface area contributed by atoms with Crippen molar-refractivity contribution in [3.8, 4) is 11.5 Å². The van der Waals surface area contributed by atoms with Crippen LogP contribution in [0.4, 0.5) is 0 Å². The number of nitrogens with one attached hydrogen (secondary N) is 1. The Hall–Kier alpha value is -0.550. The zero-order chi connectivity index (χ0) is 15.2. The summed E-state index contributed by atoms with van der Waals surface area (Å²) in [6.07, 6.45) is 1.10. The van der Waals surface area contributed by atoms with Crippen molar-refractivity contribution in [3.05, 3.63) is 55.9 Å². The van der Waals surface area contributed by atoms with Crippen LogP contribution < -0.4 is 10.1 Å². The molecule has 0 bridgehead atoms. The Morgan fingerprint density at radius 2 is 1.76 bits per heavy atom. The van der Waals surface area contributed by atoms with Gasteiger partial charge in [-0.05, 0) is 43.3 Å². The van der Waals surface area contributed by atoms with Gasteiger partial charge in [0.1, 0.15) is 11.5 Å². The van der Waals surface area contributed by atoms with Gasteiger partial charge in [0.15, 0.2) is 0 Å². The van der Waals surface area contributed by atoms with Crippen LogP contribution in [0.3, 0.4) is 0 Å². The Balaban J connectivity index is 2.22. The van der Waals surface area contributed by atoms with Crippen molar-refractivity contribution < 1.29 is 4.74 Å². The second-order valence-electron chi connectivity index (χ2n) is 4.61. The fraction of sp³-hybridized carbons (Fsp3) is 0.250. The largest absolute Gasteiger partial charge is 0.455 e. The molecule has 112 valence electrons. The summed E-state index contributed by atoms with van der Waals surface area (Å²) >= 11 is 13.1. The van der Waals surface area contributed by atoms with Crippen LogP contribution in [0.1, 0.15) is 18.9 Å². The van der Waals surface area contributed by atoms with Crippen LogP contribution in [-0.2, 0) is 6.54 Å². The van der Waals surface area contributed by atoms with Crippen LogP contribution in [0.2, 0.25) is 5.02 Å². The van der Waals surface area contributed by atoms with E-state index in [1.807, 2.05) is 30.3 Å². The summed E-state index contributed by atoms with van der Waals surface area (Å²) in [5, 5.41) is 3.97. The van der Waals surface area contributed by atoms with E-state index in [0.717, 1.165) is 39.8 Å². The number of rotatable bonds is 6. The van der Waals surface area contributed by atoms with E-state index in [9.17, 15) is 0 Å². The summed E-state index contributed by atoms with van der Waals surface area (Å²) in [4.78, 5) is 0. The smallest absolute Gasteiger partial charge is 0.146 e. The third-order valence-corrected chi connectivity index (χ3v) is 4.17. The zero-order valence-corrected chi connectivity index (χ0v) is 15.6. The minimum atomic E-state index is 0.580. The third-order valence-electron chi connectivity index (χ3n) is 2.89. The van der Waals surface area contributed by atoms with E-state index in [1.165, 1.54) is 0 Å². The Kier molecular flexibility index (Phi) is 6.55. The first-order valence-electron chi connectivity index (χ1n) is 6.72. The Labute approximate surface area is 147 Å². The molecule has 2 rings (SSSR count). The summed E-state index contributed by atoms with van der Waals surface area (Å²) < 4.78 is 7.89. The molecule has 0 heterocycles. The summed E-state index contributed by atoms with van der Waals surface area (Å²) in [5.41, 5.74) is 1.10. The first-order valence-corrected chi connectivity index (χ1v) is 8.68. The molecule has 0 fully saturated rings. The van der Waals surface area contributed by atoms with Gasteiger partial charge in [-0.2, -0.15) is 0 Å². The normalized spacial score (nSPS) is 10.7. The van der Waals surface area contributed by atoms with Crippen molar-refractivity contribution in [2.45, 2.75) is 19.9 Å². The van der Waals surface area contributed by atoms with Gasteiger partial charge in [-0.15, -0.1) is 0 Å². The van der Waals surface area contributed by atoms with Gasteiger partial charge in [-0.1, -0.05) is 56.5 Å². The van der Waals surface area contributed by atoms with Crippen molar-refractivity contribution in [1.82, 2.24) is 5.32 Å². The van der Waals surface area contributed by atoms with Crippen LogP contribution in [-0.4, -0.2) is 6.54 Å². The molecule has 0 aliphatic heterocycles. The average molecular weight is 434 g/mol. The molecule has 2 aromatic carbocycles. The fourth-order valence-corrected chi connectivity index (χ4v) is 2.90. The maximum absolute atomic E-state index is 6.22. The summed E-state index contributed by atoms with van der Waals surface area (Å²) in [6.45, 7) is 3.90. The number of ether oxygens (including phenoxy) is 1. The lowest BCUT2D eigenvalue weighted by molar-refractivity contribution is 0.472. The lowest BCUT2D eigenvalue weighted by Crippen LogP contribution is -2.14. The lowest BCUT2D eigenvalue weighted by Gasteiger charge is -2.13. The highest BCUT2D eigenvalue weighted by molar-refractivity contribution is 9.10. The molecule has 21 heavy (non-hydrogen) atoms. The fourth-order valence-electron chi connectivity index (χ4n) is 1.85. The molecule has 0 unspecified atom stereocenters. The molecule has 1 N–H and O–H groups in total. The van der Waals surface area contributed by atoms with Crippen molar-refractivity contribution in [2.24, 2.45) is 0 Å². The SMILES string of the molecule is CCCNCc1ccc(Br)cc1Oc1ccc(Br)cc1Cl. The lowest BCUT2D eigenvalue weighted by atomic mass is 10.2. The molecule has 0 aromatic heterocycles. The van der Waals surface area contributed by atoms with Gasteiger partial charge in [-0.25, -0.2) is 0 Å². The summed E-state index contributed by atoms with van der Waals surface area (Å²) in [7, 11) is 0.